The summed E-state index contributed by atoms with van der Waals surface area (Å²) in [7, 11) is 0. The Labute approximate surface area is 248 Å². The van der Waals surface area contributed by atoms with Gasteiger partial charge in [0.2, 0.25) is 5.91 Å². The molecule has 3 saturated heterocycles. The lowest BCUT2D eigenvalue weighted by Gasteiger charge is -2.43. The Morgan fingerprint density at radius 2 is 1.60 bits per heavy atom. The molecule has 0 bridgehead atoms. The first-order valence-corrected chi connectivity index (χ1v) is 14.7. The first-order chi connectivity index (χ1) is 20.6. The van der Waals surface area contributed by atoms with E-state index in [4.69, 9.17) is 14.2 Å². The lowest BCUT2D eigenvalue weighted by atomic mass is 9.90. The van der Waals surface area contributed by atoms with Gasteiger partial charge in [0.15, 0.2) is 6.29 Å². The van der Waals surface area contributed by atoms with E-state index in [1.807, 2.05) is 48.5 Å². The van der Waals surface area contributed by atoms with Crippen LogP contribution < -0.4 is 5.32 Å². The second-order valence-electron chi connectivity index (χ2n) is 11.3. The Morgan fingerprint density at radius 3 is 2.26 bits per heavy atom. The molecule has 3 aliphatic heterocycles. The van der Waals surface area contributed by atoms with E-state index in [-0.39, 0.29) is 44.2 Å². The van der Waals surface area contributed by atoms with E-state index in [9.17, 15) is 27.9 Å². The van der Waals surface area contributed by atoms with Crippen LogP contribution in [0.4, 0.5) is 13.2 Å². The highest BCUT2D eigenvalue weighted by Gasteiger charge is 2.47. The van der Waals surface area contributed by atoms with Crippen molar-refractivity contribution in [3.05, 3.63) is 70.8 Å². The van der Waals surface area contributed by atoms with Gasteiger partial charge in [-0.05, 0) is 29.5 Å². The zero-order valence-corrected chi connectivity index (χ0v) is 24.1. The monoisotopic (exact) mass is 605 g/mol. The van der Waals surface area contributed by atoms with Crippen molar-refractivity contribution in [3.63, 3.8) is 0 Å². The van der Waals surface area contributed by atoms with Crippen molar-refractivity contribution >= 4 is 11.8 Å². The summed E-state index contributed by atoms with van der Waals surface area (Å²) in [4.78, 5) is 27.3. The summed E-state index contributed by atoms with van der Waals surface area (Å²) in [6.07, 6.45) is -5.49. The number of nitrogens with one attached hydrogen (secondary N) is 1. The molecule has 3 aliphatic rings. The predicted molar refractivity (Wildman–Crippen MR) is 149 cm³/mol. The van der Waals surface area contributed by atoms with Crippen LogP contribution in [0.15, 0.2) is 48.5 Å². The number of carbonyl (C=O) groups is 2. The fraction of sp³-hybridized carbons (Fsp3) is 0.548. The maximum absolute atomic E-state index is 12.9. The van der Waals surface area contributed by atoms with Gasteiger partial charge >= 0.3 is 12.1 Å². The van der Waals surface area contributed by atoms with Crippen molar-refractivity contribution in [1.82, 2.24) is 15.1 Å². The lowest BCUT2D eigenvalue weighted by Crippen LogP contribution is -2.50. The number of alkyl halides is 3. The topological polar surface area (TPSA) is 101 Å². The third-order valence-corrected chi connectivity index (χ3v) is 8.44. The molecule has 3 fully saturated rings. The first-order valence-electron chi connectivity index (χ1n) is 14.7. The second-order valence-corrected chi connectivity index (χ2v) is 11.3. The molecule has 43 heavy (non-hydrogen) atoms. The number of hydrogen-bond donors (Lipinski definition) is 2. The van der Waals surface area contributed by atoms with E-state index in [0.717, 1.165) is 41.9 Å². The average Bonchev–Trinajstić information content (AvgIpc) is 3.51. The number of nitrogens with zero attached hydrogens (tertiary/aromatic N) is 2. The highest BCUT2D eigenvalue weighted by molar-refractivity contribution is 5.90. The molecular weight excluding hydrogens is 567 g/mol. The number of morpholine rings is 1. The van der Waals surface area contributed by atoms with Crippen LogP contribution in [0.1, 0.15) is 54.4 Å². The zero-order chi connectivity index (χ0) is 30.6. The summed E-state index contributed by atoms with van der Waals surface area (Å²) in [6, 6.07) is 13.9. The maximum Gasteiger partial charge on any atom is 0.471 e. The number of halogens is 3. The summed E-state index contributed by atoms with van der Waals surface area (Å²) in [5.74, 6) is -2.54. The molecule has 0 aromatic heterocycles. The fourth-order valence-electron chi connectivity index (χ4n) is 5.91. The molecule has 5 atom stereocenters. The van der Waals surface area contributed by atoms with E-state index in [1.165, 1.54) is 0 Å². The van der Waals surface area contributed by atoms with E-state index in [0.29, 0.717) is 24.5 Å². The minimum atomic E-state index is -5.01. The predicted octanol–water partition coefficient (Wildman–Crippen LogP) is 3.47. The van der Waals surface area contributed by atoms with Gasteiger partial charge in [-0.15, -0.1) is 0 Å². The van der Waals surface area contributed by atoms with Crippen LogP contribution in [-0.4, -0.2) is 84.4 Å². The van der Waals surface area contributed by atoms with Crippen molar-refractivity contribution in [2.45, 2.75) is 63.6 Å². The van der Waals surface area contributed by atoms with Crippen LogP contribution in [0.25, 0.3) is 0 Å². The number of aliphatic hydroxyl groups is 1. The molecule has 9 nitrogen and oxygen atoms in total. The largest absolute Gasteiger partial charge is 0.471 e. The number of rotatable bonds is 8. The summed E-state index contributed by atoms with van der Waals surface area (Å²) < 4.78 is 57.3. The normalized spacial score (nSPS) is 26.8. The van der Waals surface area contributed by atoms with Crippen molar-refractivity contribution in [3.8, 4) is 0 Å². The van der Waals surface area contributed by atoms with E-state index in [1.54, 1.807) is 0 Å². The average molecular weight is 606 g/mol. The number of ether oxygens (including phenoxy) is 3. The van der Waals surface area contributed by atoms with E-state index < -0.39 is 30.3 Å². The van der Waals surface area contributed by atoms with Crippen LogP contribution in [0.3, 0.4) is 0 Å². The van der Waals surface area contributed by atoms with Crippen molar-refractivity contribution in [2.75, 3.05) is 39.4 Å². The molecule has 0 spiro atoms. The molecule has 234 valence electrons. The van der Waals surface area contributed by atoms with Crippen LogP contribution in [0.2, 0.25) is 0 Å². The molecule has 3 heterocycles. The number of benzene rings is 2. The van der Waals surface area contributed by atoms with Crippen LogP contribution in [0.5, 0.6) is 0 Å². The molecule has 2 amide bonds. The molecule has 2 aromatic rings. The Kier molecular flexibility index (Phi) is 10.0. The minimum Gasteiger partial charge on any atom is -0.392 e. The summed E-state index contributed by atoms with van der Waals surface area (Å²) >= 11 is 0. The zero-order valence-electron chi connectivity index (χ0n) is 24.1. The second kappa shape index (κ2) is 13.7. The van der Waals surface area contributed by atoms with Crippen LogP contribution in [0, 0.1) is 5.92 Å². The molecule has 2 aromatic carbocycles. The Bertz CT molecular complexity index is 1240. The van der Waals surface area contributed by atoms with Gasteiger partial charge in [-0.3, -0.25) is 14.5 Å². The SMILES string of the molecule is CC1C(CN2CCOCC2)OC(c2ccc(CNC(=O)C3CCCN3C(=O)C(F)(F)F)cc2)OC1c1ccc(CO)cc1. The summed E-state index contributed by atoms with van der Waals surface area (Å²) in [5.41, 5.74) is 3.35. The summed E-state index contributed by atoms with van der Waals surface area (Å²) in [6.45, 7) is 5.85. The Hall–Kier alpha value is -3.03. The minimum absolute atomic E-state index is 0.0376. The maximum atomic E-state index is 12.9. The standard InChI is InChI=1S/C31H38F3N3O6/c1-20-26(18-36-13-15-41-16-14-36)42-29(43-27(20)23-8-6-22(19-38)7-9-23)24-10-4-21(5-11-24)17-35-28(39)25-3-2-12-37(25)30(40)31(32,33)34/h4-11,20,25-27,29,38H,2-3,12-19H2,1H3,(H,35,39). The highest BCUT2D eigenvalue weighted by Crippen LogP contribution is 2.42. The third kappa shape index (κ3) is 7.55. The number of aliphatic hydroxyl groups excluding tert-OH is 1. The third-order valence-electron chi connectivity index (χ3n) is 8.44. The van der Waals surface area contributed by atoms with E-state index in [2.05, 4.69) is 17.1 Å². The van der Waals surface area contributed by atoms with Gasteiger partial charge in [0.05, 0.1) is 32.0 Å². The number of amides is 2. The van der Waals surface area contributed by atoms with Gasteiger partial charge in [0, 0.05) is 44.2 Å². The molecule has 12 heteroatoms. The quantitative estimate of drug-likeness (QED) is 0.476. The first kappa shape index (κ1) is 31.4. The highest BCUT2D eigenvalue weighted by atomic mass is 19.4. The smallest absolute Gasteiger partial charge is 0.392 e. The molecule has 5 rings (SSSR count). The number of likely N-dealkylation sites (tertiary alicyclic amines) is 1. The van der Waals surface area contributed by atoms with Gasteiger partial charge < -0.3 is 29.5 Å². The Balaban J connectivity index is 1.25. The molecule has 0 radical (unpaired) electrons. The molecule has 2 N–H and O–H groups in total. The lowest BCUT2D eigenvalue weighted by molar-refractivity contribution is -0.277. The summed E-state index contributed by atoms with van der Waals surface area (Å²) in [5, 5.41) is 12.1. The van der Waals surface area contributed by atoms with Gasteiger partial charge in [-0.25, -0.2) is 0 Å². The van der Waals surface area contributed by atoms with Gasteiger partial charge in [-0.1, -0.05) is 55.5 Å². The van der Waals surface area contributed by atoms with Crippen LogP contribution >= 0.6 is 0 Å². The van der Waals surface area contributed by atoms with Crippen molar-refractivity contribution in [1.29, 1.82) is 0 Å². The van der Waals surface area contributed by atoms with Crippen LogP contribution in [-0.2, 0) is 37.0 Å². The molecule has 0 aliphatic carbocycles. The molecular formula is C31H38F3N3O6. The van der Waals surface area contributed by atoms with Crippen molar-refractivity contribution in [2.24, 2.45) is 5.92 Å². The van der Waals surface area contributed by atoms with Gasteiger partial charge in [0.1, 0.15) is 6.04 Å². The Morgan fingerprint density at radius 1 is 0.953 bits per heavy atom. The van der Waals surface area contributed by atoms with Gasteiger partial charge in [-0.2, -0.15) is 13.2 Å². The molecule has 0 saturated carbocycles. The van der Waals surface area contributed by atoms with Gasteiger partial charge in [0.25, 0.3) is 0 Å². The number of hydrogen-bond acceptors (Lipinski definition) is 7. The molecule has 5 unspecified atom stereocenters. The van der Waals surface area contributed by atoms with E-state index >= 15 is 0 Å². The van der Waals surface area contributed by atoms with Crippen molar-refractivity contribution < 1.29 is 42.1 Å². The fourth-order valence-corrected chi connectivity index (χ4v) is 5.91. The number of carbonyl (C=O) groups excluding carboxylic acids is 2.